The molecular weight excluding hydrogens is 372 g/mol. The number of ether oxygens (including phenoxy) is 1. The molecule has 2 bridgehead atoms. The molecule has 7 heteroatoms. The molecule has 1 aromatic carbocycles. The summed E-state index contributed by atoms with van der Waals surface area (Å²) in [6.45, 7) is 0. The number of fused-ring (bicyclic) bond motifs is 2. The third-order valence-corrected chi connectivity index (χ3v) is 7.29. The lowest BCUT2D eigenvalue weighted by molar-refractivity contribution is 0.0953. The van der Waals surface area contributed by atoms with Gasteiger partial charge in [-0.25, -0.2) is 8.42 Å². The largest absolute Gasteiger partial charge is 0.489 e. The number of hydrogen-bond donors (Lipinski definition) is 0. The lowest BCUT2D eigenvalue weighted by atomic mass is 10.0. The molecule has 2 unspecified atom stereocenters. The number of rotatable bonds is 5. The summed E-state index contributed by atoms with van der Waals surface area (Å²) in [5.74, 6) is 0.737. The Morgan fingerprint density at radius 3 is 2.58 bits per heavy atom. The van der Waals surface area contributed by atoms with E-state index in [1.54, 1.807) is 34.9 Å². The maximum atomic E-state index is 13.0. The van der Waals surface area contributed by atoms with Gasteiger partial charge >= 0.3 is 0 Å². The second-order valence-electron chi connectivity index (χ2n) is 7.00. The predicted octanol–water partition coefficient (Wildman–Crippen LogP) is 3.64. The van der Waals surface area contributed by atoms with Gasteiger partial charge in [-0.3, -0.25) is 4.98 Å². The minimum Gasteiger partial charge on any atom is -0.489 e. The monoisotopic (exact) mass is 392 g/mol. The highest BCUT2D eigenvalue weighted by atomic mass is 35.5. The van der Waals surface area contributed by atoms with Gasteiger partial charge in [-0.1, -0.05) is 23.7 Å². The summed E-state index contributed by atoms with van der Waals surface area (Å²) in [4.78, 5) is 4.07. The highest BCUT2D eigenvalue weighted by Crippen LogP contribution is 2.40. The van der Waals surface area contributed by atoms with E-state index in [-0.39, 0.29) is 23.9 Å². The first-order chi connectivity index (χ1) is 12.5. The van der Waals surface area contributed by atoms with E-state index in [1.165, 1.54) is 0 Å². The van der Waals surface area contributed by atoms with E-state index in [0.29, 0.717) is 5.02 Å². The summed E-state index contributed by atoms with van der Waals surface area (Å²) in [6.07, 6.45) is 6.68. The van der Waals surface area contributed by atoms with Gasteiger partial charge in [-0.15, -0.1) is 0 Å². The van der Waals surface area contributed by atoms with Gasteiger partial charge in [-0.2, -0.15) is 4.31 Å². The molecule has 4 rings (SSSR count). The number of pyridine rings is 1. The van der Waals surface area contributed by atoms with Crippen molar-refractivity contribution in [3.8, 4) is 5.75 Å². The van der Waals surface area contributed by atoms with Crippen molar-refractivity contribution in [2.24, 2.45) is 0 Å². The van der Waals surface area contributed by atoms with Gasteiger partial charge in [0.1, 0.15) is 11.9 Å². The molecule has 3 heterocycles. The predicted molar refractivity (Wildman–Crippen MR) is 101 cm³/mol. The number of nitrogens with zero attached hydrogens (tertiary/aromatic N) is 2. The molecule has 2 atom stereocenters. The molecule has 5 nitrogen and oxygen atoms in total. The van der Waals surface area contributed by atoms with Crippen LogP contribution in [0.3, 0.4) is 0 Å². The number of piperidine rings is 1. The minimum absolute atomic E-state index is 0.00527. The molecule has 138 valence electrons. The van der Waals surface area contributed by atoms with Crippen LogP contribution >= 0.6 is 11.6 Å². The van der Waals surface area contributed by atoms with Crippen molar-refractivity contribution < 1.29 is 13.2 Å². The van der Waals surface area contributed by atoms with E-state index in [1.807, 2.05) is 18.2 Å². The summed E-state index contributed by atoms with van der Waals surface area (Å²) < 4.78 is 33.8. The molecule has 26 heavy (non-hydrogen) atoms. The highest BCUT2D eigenvalue weighted by Gasteiger charge is 2.47. The first-order valence-electron chi connectivity index (χ1n) is 8.83. The SMILES string of the molecule is O=S(=O)(Cc1cccc(Cl)c1)N1C2CCC1CC(Oc1cccnc1)C2. The third-order valence-electron chi connectivity index (χ3n) is 5.12. The molecule has 2 aliphatic heterocycles. The summed E-state index contributed by atoms with van der Waals surface area (Å²) in [5.41, 5.74) is 0.727. The van der Waals surface area contributed by atoms with Crippen molar-refractivity contribution in [2.45, 2.75) is 49.6 Å². The fourth-order valence-corrected chi connectivity index (χ4v) is 6.41. The molecule has 1 aromatic heterocycles. The van der Waals surface area contributed by atoms with Gasteiger partial charge in [0.2, 0.25) is 10.0 Å². The molecular formula is C19H21ClN2O3S. The standard InChI is InChI=1S/C19H21ClN2O3S/c20-15-4-1-3-14(9-15)13-26(23,24)22-16-6-7-17(22)11-19(10-16)25-18-5-2-8-21-12-18/h1-5,8-9,12,16-17,19H,6-7,10-11,13H2. The summed E-state index contributed by atoms with van der Waals surface area (Å²) in [5, 5.41) is 0.559. The summed E-state index contributed by atoms with van der Waals surface area (Å²) in [7, 11) is -3.38. The van der Waals surface area contributed by atoms with Crippen LogP contribution in [0, 0.1) is 0 Å². The van der Waals surface area contributed by atoms with Crippen molar-refractivity contribution in [2.75, 3.05) is 0 Å². The topological polar surface area (TPSA) is 59.5 Å². The fourth-order valence-electron chi connectivity index (χ4n) is 4.16. The van der Waals surface area contributed by atoms with Crippen LogP contribution in [0.25, 0.3) is 0 Å². The summed E-state index contributed by atoms with van der Waals surface area (Å²) in [6, 6.07) is 10.8. The third kappa shape index (κ3) is 3.72. The van der Waals surface area contributed by atoms with E-state index in [4.69, 9.17) is 16.3 Å². The van der Waals surface area contributed by atoms with Gasteiger partial charge in [0.05, 0.1) is 11.9 Å². The molecule has 0 radical (unpaired) electrons. The minimum atomic E-state index is -3.38. The Morgan fingerprint density at radius 1 is 1.15 bits per heavy atom. The Morgan fingerprint density at radius 2 is 1.92 bits per heavy atom. The summed E-state index contributed by atoms with van der Waals surface area (Å²) >= 11 is 6.00. The van der Waals surface area contributed by atoms with E-state index < -0.39 is 10.0 Å². The normalized spacial score (nSPS) is 26.0. The van der Waals surface area contributed by atoms with Gasteiger partial charge in [0.25, 0.3) is 0 Å². The van der Waals surface area contributed by atoms with Crippen LogP contribution in [-0.4, -0.2) is 35.9 Å². The van der Waals surface area contributed by atoms with E-state index in [9.17, 15) is 8.42 Å². The van der Waals surface area contributed by atoms with Gasteiger partial charge in [0.15, 0.2) is 0 Å². The Hall–Kier alpha value is -1.63. The number of benzene rings is 1. The smallest absolute Gasteiger partial charge is 0.218 e. The number of hydrogen-bond acceptors (Lipinski definition) is 4. The Kier molecular flexibility index (Phi) is 4.90. The lowest BCUT2D eigenvalue weighted by Gasteiger charge is -2.37. The number of aromatic nitrogens is 1. The molecule has 2 aromatic rings. The Bertz CT molecular complexity index is 861. The first kappa shape index (κ1) is 17.8. The van der Waals surface area contributed by atoms with Crippen LogP contribution in [0.2, 0.25) is 5.02 Å². The van der Waals surface area contributed by atoms with E-state index in [2.05, 4.69) is 4.98 Å². The molecule has 0 amide bonds. The van der Waals surface area contributed by atoms with Crippen LogP contribution in [0.15, 0.2) is 48.8 Å². The molecule has 2 fully saturated rings. The molecule has 0 N–H and O–H groups in total. The van der Waals surface area contributed by atoms with E-state index in [0.717, 1.165) is 37.0 Å². The fraction of sp³-hybridized carbons (Fsp3) is 0.421. The lowest BCUT2D eigenvalue weighted by Crippen LogP contribution is -2.49. The van der Waals surface area contributed by atoms with Crippen LogP contribution < -0.4 is 4.74 Å². The molecule has 0 spiro atoms. The second-order valence-corrected chi connectivity index (χ2v) is 9.31. The number of halogens is 1. The average Bonchev–Trinajstić information content (AvgIpc) is 2.88. The maximum Gasteiger partial charge on any atom is 0.218 e. The zero-order chi connectivity index (χ0) is 18.1. The van der Waals surface area contributed by atoms with Gasteiger partial charge in [0, 0.05) is 36.1 Å². The first-order valence-corrected chi connectivity index (χ1v) is 10.8. The molecule has 2 saturated heterocycles. The van der Waals surface area contributed by atoms with Gasteiger partial charge < -0.3 is 4.74 Å². The average molecular weight is 393 g/mol. The highest BCUT2D eigenvalue weighted by molar-refractivity contribution is 7.88. The van der Waals surface area contributed by atoms with Crippen molar-refractivity contribution in [1.29, 1.82) is 0 Å². The number of sulfonamides is 1. The Labute approximate surface area is 159 Å². The van der Waals surface area contributed by atoms with Crippen molar-refractivity contribution in [3.63, 3.8) is 0 Å². The quantitative estimate of drug-likeness (QED) is 0.779. The molecule has 0 saturated carbocycles. The van der Waals surface area contributed by atoms with Gasteiger partial charge in [-0.05, 0) is 42.7 Å². The zero-order valence-electron chi connectivity index (χ0n) is 14.3. The van der Waals surface area contributed by atoms with Crippen LogP contribution in [0.1, 0.15) is 31.2 Å². The molecule has 2 aliphatic rings. The van der Waals surface area contributed by atoms with Crippen molar-refractivity contribution in [3.05, 3.63) is 59.4 Å². The second kappa shape index (κ2) is 7.18. The van der Waals surface area contributed by atoms with Crippen LogP contribution in [0.4, 0.5) is 0 Å². The van der Waals surface area contributed by atoms with E-state index >= 15 is 0 Å². The maximum absolute atomic E-state index is 13.0. The van der Waals surface area contributed by atoms with Crippen LogP contribution in [-0.2, 0) is 15.8 Å². The van der Waals surface area contributed by atoms with Crippen molar-refractivity contribution in [1.82, 2.24) is 9.29 Å². The zero-order valence-corrected chi connectivity index (χ0v) is 15.9. The Balaban J connectivity index is 1.47. The van der Waals surface area contributed by atoms with Crippen molar-refractivity contribution >= 4 is 21.6 Å². The molecule has 0 aliphatic carbocycles. The van der Waals surface area contributed by atoms with Crippen LogP contribution in [0.5, 0.6) is 5.75 Å².